The SMILES string of the molecule is Cc1ccc(C(=O)c2cc(-c3ccc(S(C)(=O)=O)cc3)c(N3CCOCC3)s2)cc1. The number of hydrogen-bond donors (Lipinski definition) is 0. The van der Waals surface area contributed by atoms with E-state index in [9.17, 15) is 13.2 Å². The van der Waals surface area contributed by atoms with E-state index in [1.54, 1.807) is 12.1 Å². The van der Waals surface area contributed by atoms with Crippen molar-refractivity contribution in [2.75, 3.05) is 37.5 Å². The Morgan fingerprint density at radius 3 is 2.23 bits per heavy atom. The minimum atomic E-state index is -3.26. The molecule has 0 atom stereocenters. The average molecular weight is 442 g/mol. The second-order valence-corrected chi connectivity index (χ2v) is 10.5. The van der Waals surface area contributed by atoms with Gasteiger partial charge in [-0.25, -0.2) is 8.42 Å². The van der Waals surface area contributed by atoms with Crippen molar-refractivity contribution in [2.24, 2.45) is 0 Å². The van der Waals surface area contributed by atoms with Gasteiger partial charge in [-0.2, -0.15) is 0 Å². The lowest BCUT2D eigenvalue weighted by molar-refractivity contribution is 0.104. The van der Waals surface area contributed by atoms with Crippen molar-refractivity contribution in [1.29, 1.82) is 0 Å². The lowest BCUT2D eigenvalue weighted by Gasteiger charge is -2.28. The fourth-order valence-corrected chi connectivity index (χ4v) is 5.25. The smallest absolute Gasteiger partial charge is 0.203 e. The standard InChI is InChI=1S/C23H23NO4S2/c1-16-3-5-18(6-4-16)22(25)21-15-20(23(29-21)24-11-13-28-14-12-24)17-7-9-19(10-8-17)30(2,26)27/h3-10,15H,11-14H2,1-2H3. The van der Waals surface area contributed by atoms with Crippen LogP contribution in [-0.2, 0) is 14.6 Å². The van der Waals surface area contributed by atoms with E-state index in [0.29, 0.717) is 23.7 Å². The first-order valence-electron chi connectivity index (χ1n) is 9.71. The summed E-state index contributed by atoms with van der Waals surface area (Å²) in [4.78, 5) is 16.3. The Morgan fingerprint density at radius 2 is 1.63 bits per heavy atom. The number of carbonyl (C=O) groups is 1. The van der Waals surface area contributed by atoms with Crippen molar-refractivity contribution in [2.45, 2.75) is 11.8 Å². The normalized spacial score (nSPS) is 14.7. The number of ketones is 1. The molecular formula is C23H23NO4S2. The fourth-order valence-electron chi connectivity index (χ4n) is 3.43. The summed E-state index contributed by atoms with van der Waals surface area (Å²) in [6.07, 6.45) is 1.20. The molecule has 5 nitrogen and oxygen atoms in total. The Morgan fingerprint density at radius 1 is 1.00 bits per heavy atom. The van der Waals surface area contributed by atoms with Gasteiger partial charge in [0.2, 0.25) is 5.78 Å². The number of nitrogens with zero attached hydrogens (tertiary/aromatic N) is 1. The van der Waals surface area contributed by atoms with Gasteiger partial charge in [-0.15, -0.1) is 11.3 Å². The summed E-state index contributed by atoms with van der Waals surface area (Å²) >= 11 is 1.48. The molecule has 2 heterocycles. The summed E-state index contributed by atoms with van der Waals surface area (Å²) in [7, 11) is -3.26. The Labute approximate surface area is 180 Å². The monoisotopic (exact) mass is 441 g/mol. The molecule has 156 valence electrons. The molecule has 2 aromatic carbocycles. The fraction of sp³-hybridized carbons (Fsp3) is 0.261. The Hall–Kier alpha value is -2.48. The Balaban J connectivity index is 1.76. The molecule has 1 aliphatic rings. The first kappa shape index (κ1) is 20.8. The zero-order valence-electron chi connectivity index (χ0n) is 16.9. The number of benzene rings is 2. The zero-order valence-corrected chi connectivity index (χ0v) is 18.6. The molecule has 1 fully saturated rings. The van der Waals surface area contributed by atoms with Gasteiger partial charge >= 0.3 is 0 Å². The van der Waals surface area contributed by atoms with Gasteiger partial charge in [0, 0.05) is 30.5 Å². The quantitative estimate of drug-likeness (QED) is 0.556. The molecule has 1 saturated heterocycles. The molecule has 0 aliphatic carbocycles. The number of rotatable bonds is 5. The van der Waals surface area contributed by atoms with Crippen molar-refractivity contribution in [3.8, 4) is 11.1 Å². The third-order valence-electron chi connectivity index (χ3n) is 5.14. The molecule has 1 aromatic heterocycles. The number of thiophene rings is 1. The highest BCUT2D eigenvalue weighted by Gasteiger charge is 2.23. The number of aryl methyl sites for hydroxylation is 1. The third kappa shape index (κ3) is 4.33. The van der Waals surface area contributed by atoms with E-state index in [1.807, 2.05) is 49.4 Å². The van der Waals surface area contributed by atoms with Gasteiger partial charge in [0.1, 0.15) is 0 Å². The molecule has 0 spiro atoms. The van der Waals surface area contributed by atoms with Gasteiger partial charge < -0.3 is 9.64 Å². The zero-order chi connectivity index (χ0) is 21.3. The molecule has 0 N–H and O–H groups in total. The van der Waals surface area contributed by atoms with Crippen LogP contribution in [0.25, 0.3) is 11.1 Å². The lowest BCUT2D eigenvalue weighted by atomic mass is 10.0. The van der Waals surface area contributed by atoms with Crippen molar-refractivity contribution in [1.82, 2.24) is 0 Å². The first-order chi connectivity index (χ1) is 14.3. The predicted octanol–water partition coefficient (Wildman–Crippen LogP) is 4.19. The summed E-state index contributed by atoms with van der Waals surface area (Å²) in [5.41, 5.74) is 3.60. The topological polar surface area (TPSA) is 63.7 Å². The minimum Gasteiger partial charge on any atom is -0.378 e. The third-order valence-corrected chi connectivity index (χ3v) is 7.46. The number of sulfone groups is 1. The van der Waals surface area contributed by atoms with Gasteiger partial charge in [0.05, 0.1) is 28.0 Å². The number of hydrogen-bond acceptors (Lipinski definition) is 6. The maximum absolute atomic E-state index is 13.1. The van der Waals surface area contributed by atoms with Gasteiger partial charge in [-0.3, -0.25) is 4.79 Å². The van der Waals surface area contributed by atoms with Crippen LogP contribution in [-0.4, -0.2) is 46.8 Å². The van der Waals surface area contributed by atoms with E-state index in [-0.39, 0.29) is 10.7 Å². The van der Waals surface area contributed by atoms with E-state index in [0.717, 1.165) is 34.8 Å². The van der Waals surface area contributed by atoms with Crippen molar-refractivity contribution in [3.05, 3.63) is 70.6 Å². The molecule has 1 aliphatic heterocycles. The average Bonchev–Trinajstić information content (AvgIpc) is 3.19. The molecule has 30 heavy (non-hydrogen) atoms. The van der Waals surface area contributed by atoms with Crippen LogP contribution in [0.2, 0.25) is 0 Å². The molecule has 3 aromatic rings. The maximum atomic E-state index is 13.1. The molecule has 4 rings (SSSR count). The molecule has 0 saturated carbocycles. The van der Waals surface area contributed by atoms with Gasteiger partial charge in [-0.1, -0.05) is 42.0 Å². The maximum Gasteiger partial charge on any atom is 0.203 e. The largest absolute Gasteiger partial charge is 0.378 e. The van der Waals surface area contributed by atoms with Crippen LogP contribution < -0.4 is 4.90 Å². The van der Waals surface area contributed by atoms with Crippen LogP contribution in [0, 0.1) is 6.92 Å². The van der Waals surface area contributed by atoms with Crippen LogP contribution in [0.5, 0.6) is 0 Å². The molecule has 7 heteroatoms. The summed E-state index contributed by atoms with van der Waals surface area (Å²) in [5.74, 6) is -0.00600. The Bertz CT molecular complexity index is 1160. The van der Waals surface area contributed by atoms with Gasteiger partial charge in [0.15, 0.2) is 9.84 Å². The second kappa shape index (κ2) is 8.34. The molecular weight excluding hydrogens is 418 g/mol. The van der Waals surface area contributed by atoms with Crippen LogP contribution in [0.4, 0.5) is 5.00 Å². The minimum absolute atomic E-state index is 0.00600. The summed E-state index contributed by atoms with van der Waals surface area (Å²) in [5, 5.41) is 1.01. The van der Waals surface area contributed by atoms with Crippen molar-refractivity contribution >= 4 is 32.0 Å². The molecule has 0 bridgehead atoms. The highest BCUT2D eigenvalue weighted by molar-refractivity contribution is 7.90. The Kier molecular flexibility index (Phi) is 5.77. The van der Waals surface area contributed by atoms with E-state index in [1.165, 1.54) is 17.6 Å². The van der Waals surface area contributed by atoms with E-state index >= 15 is 0 Å². The number of anilines is 1. The number of ether oxygens (including phenoxy) is 1. The van der Waals surface area contributed by atoms with E-state index < -0.39 is 9.84 Å². The van der Waals surface area contributed by atoms with E-state index in [4.69, 9.17) is 4.74 Å². The van der Waals surface area contributed by atoms with Crippen LogP contribution in [0.15, 0.2) is 59.5 Å². The predicted molar refractivity (Wildman–Crippen MR) is 121 cm³/mol. The highest BCUT2D eigenvalue weighted by atomic mass is 32.2. The summed E-state index contributed by atoms with van der Waals surface area (Å²) in [6.45, 7) is 4.80. The van der Waals surface area contributed by atoms with Crippen LogP contribution in [0.1, 0.15) is 20.8 Å². The first-order valence-corrected chi connectivity index (χ1v) is 12.4. The molecule has 0 amide bonds. The van der Waals surface area contributed by atoms with Gasteiger partial charge in [0.25, 0.3) is 0 Å². The summed E-state index contributed by atoms with van der Waals surface area (Å²) < 4.78 is 29.1. The number of morpholine rings is 1. The van der Waals surface area contributed by atoms with Crippen LogP contribution in [0.3, 0.4) is 0 Å². The molecule has 0 radical (unpaired) electrons. The van der Waals surface area contributed by atoms with E-state index in [2.05, 4.69) is 4.90 Å². The summed E-state index contributed by atoms with van der Waals surface area (Å²) in [6, 6.07) is 16.4. The lowest BCUT2D eigenvalue weighted by Crippen LogP contribution is -2.35. The van der Waals surface area contributed by atoms with Crippen LogP contribution >= 0.6 is 11.3 Å². The van der Waals surface area contributed by atoms with Crippen molar-refractivity contribution < 1.29 is 17.9 Å². The molecule has 0 unspecified atom stereocenters. The van der Waals surface area contributed by atoms with Gasteiger partial charge in [-0.05, 0) is 30.7 Å². The highest BCUT2D eigenvalue weighted by Crippen LogP contribution is 2.40. The second-order valence-electron chi connectivity index (χ2n) is 7.42. The number of carbonyl (C=O) groups excluding carboxylic acids is 1. The van der Waals surface area contributed by atoms with Crippen molar-refractivity contribution in [3.63, 3.8) is 0 Å².